The van der Waals surface area contributed by atoms with Crippen molar-refractivity contribution in [2.24, 2.45) is 0 Å². The fourth-order valence-corrected chi connectivity index (χ4v) is 4.13. The highest BCUT2D eigenvalue weighted by molar-refractivity contribution is 14.1. The first-order valence-electron chi connectivity index (χ1n) is 10.5. The van der Waals surface area contributed by atoms with Crippen LogP contribution < -0.4 is 15.0 Å². The number of amides is 4. The minimum atomic E-state index is -0.789. The number of hydrogen-bond donors (Lipinski definition) is 1. The number of carbonyl (C=O) groups is 3. The van der Waals surface area contributed by atoms with Gasteiger partial charge in [0.2, 0.25) is 0 Å². The van der Waals surface area contributed by atoms with Crippen LogP contribution in [-0.4, -0.2) is 17.8 Å². The van der Waals surface area contributed by atoms with E-state index >= 15 is 0 Å². The Morgan fingerprint density at radius 3 is 2.44 bits per heavy atom. The molecule has 4 rings (SSSR count). The van der Waals surface area contributed by atoms with Gasteiger partial charge in [-0.3, -0.25) is 14.9 Å². The number of ether oxygens (including phenoxy) is 1. The predicted molar refractivity (Wildman–Crippen MR) is 135 cm³/mol. The van der Waals surface area contributed by atoms with Gasteiger partial charge < -0.3 is 4.74 Å². The number of urea groups is 1. The van der Waals surface area contributed by atoms with E-state index in [-0.39, 0.29) is 18.0 Å². The molecule has 8 heteroatoms. The van der Waals surface area contributed by atoms with Gasteiger partial charge in [0.25, 0.3) is 11.8 Å². The molecule has 6 nitrogen and oxygen atoms in total. The van der Waals surface area contributed by atoms with Crippen molar-refractivity contribution in [2.45, 2.75) is 20.0 Å². The summed E-state index contributed by atoms with van der Waals surface area (Å²) in [4.78, 5) is 38.8. The van der Waals surface area contributed by atoms with Crippen molar-refractivity contribution in [3.8, 4) is 5.75 Å². The molecule has 0 aliphatic carbocycles. The molecule has 0 radical (unpaired) electrons. The van der Waals surface area contributed by atoms with E-state index in [1.807, 2.05) is 19.1 Å². The van der Waals surface area contributed by atoms with Crippen molar-refractivity contribution in [3.63, 3.8) is 0 Å². The van der Waals surface area contributed by atoms with Crippen molar-refractivity contribution in [1.82, 2.24) is 5.32 Å². The van der Waals surface area contributed by atoms with E-state index in [9.17, 15) is 18.8 Å². The maximum absolute atomic E-state index is 13.8. The Kier molecular flexibility index (Phi) is 7.06. The molecule has 1 fully saturated rings. The summed E-state index contributed by atoms with van der Waals surface area (Å²) in [6, 6.07) is 17.7. The van der Waals surface area contributed by atoms with Gasteiger partial charge in [0.05, 0.1) is 9.26 Å². The second-order valence-corrected chi connectivity index (χ2v) is 8.71. The quantitative estimate of drug-likeness (QED) is 0.250. The van der Waals surface area contributed by atoms with Gasteiger partial charge in [-0.05, 0) is 76.5 Å². The molecule has 0 spiro atoms. The fourth-order valence-electron chi connectivity index (χ4n) is 3.43. The summed E-state index contributed by atoms with van der Waals surface area (Å²) in [6.45, 7) is 2.07. The van der Waals surface area contributed by atoms with Crippen molar-refractivity contribution < 1.29 is 23.5 Å². The summed E-state index contributed by atoms with van der Waals surface area (Å²) in [5, 5.41) is 2.22. The number of carbonyl (C=O) groups excluding carboxylic acids is 3. The molecule has 1 aliphatic heterocycles. The van der Waals surface area contributed by atoms with Gasteiger partial charge in [0.15, 0.2) is 0 Å². The lowest BCUT2D eigenvalue weighted by Crippen LogP contribution is -2.54. The van der Waals surface area contributed by atoms with Crippen LogP contribution in [-0.2, 0) is 22.6 Å². The number of benzene rings is 3. The lowest BCUT2D eigenvalue weighted by Gasteiger charge is -2.26. The van der Waals surface area contributed by atoms with Crippen molar-refractivity contribution in [3.05, 3.63) is 98.4 Å². The molecule has 0 saturated carbocycles. The average Bonchev–Trinajstić information content (AvgIpc) is 2.82. The molecule has 0 aromatic heterocycles. The topological polar surface area (TPSA) is 75.7 Å². The van der Waals surface area contributed by atoms with Crippen molar-refractivity contribution in [2.75, 3.05) is 4.90 Å². The third kappa shape index (κ3) is 5.01. The smallest absolute Gasteiger partial charge is 0.335 e. The first kappa shape index (κ1) is 23.6. The van der Waals surface area contributed by atoms with Crippen LogP contribution in [0.2, 0.25) is 0 Å². The lowest BCUT2D eigenvalue weighted by molar-refractivity contribution is -0.122. The first-order chi connectivity index (χ1) is 16.4. The van der Waals surface area contributed by atoms with E-state index < -0.39 is 17.8 Å². The lowest BCUT2D eigenvalue weighted by atomic mass is 10.1. The molecule has 3 aromatic rings. The van der Waals surface area contributed by atoms with Crippen LogP contribution in [0.25, 0.3) is 6.08 Å². The summed E-state index contributed by atoms with van der Waals surface area (Å²) in [6.07, 6.45) is 2.25. The Morgan fingerprint density at radius 2 is 1.76 bits per heavy atom. The Morgan fingerprint density at radius 1 is 1.03 bits per heavy atom. The van der Waals surface area contributed by atoms with Crippen LogP contribution >= 0.6 is 22.6 Å². The highest BCUT2D eigenvalue weighted by Crippen LogP contribution is 2.26. The van der Waals surface area contributed by atoms with E-state index in [0.29, 0.717) is 22.6 Å². The summed E-state index contributed by atoms with van der Waals surface area (Å²) >= 11 is 2.07. The number of halogens is 2. The number of nitrogens with zero attached hydrogens (tertiary/aromatic N) is 1. The molecule has 1 N–H and O–H groups in total. The van der Waals surface area contributed by atoms with Gasteiger partial charge in [0, 0.05) is 5.56 Å². The fraction of sp³-hybridized carbons (Fsp3) is 0.115. The standard InChI is InChI=1S/C26H20FIN2O4/c1-2-16-7-10-19(11-8-16)30-25(32)20(24(31)29-26(30)33)13-17-9-12-23(22(28)14-17)34-15-18-5-3-4-6-21(18)27/h3-14H,2,15H2,1H3,(H,29,31,33)/b20-13-. The molecule has 3 aromatic carbocycles. The van der Waals surface area contributed by atoms with Gasteiger partial charge in [-0.1, -0.05) is 43.3 Å². The molecule has 4 amide bonds. The van der Waals surface area contributed by atoms with E-state index in [1.165, 1.54) is 12.1 Å². The minimum absolute atomic E-state index is 0.0674. The van der Waals surface area contributed by atoms with Gasteiger partial charge in [-0.15, -0.1) is 0 Å². The van der Waals surface area contributed by atoms with Crippen LogP contribution in [0, 0.1) is 9.39 Å². The predicted octanol–water partition coefficient (Wildman–Crippen LogP) is 5.24. The number of rotatable bonds is 6. The Labute approximate surface area is 209 Å². The molecule has 0 unspecified atom stereocenters. The van der Waals surface area contributed by atoms with Gasteiger partial charge in [-0.2, -0.15) is 0 Å². The SMILES string of the molecule is CCc1ccc(N2C(=O)NC(=O)/C(=C/c3ccc(OCc4ccccc4F)c(I)c3)C2=O)cc1. The average molecular weight is 570 g/mol. The molecule has 0 bridgehead atoms. The van der Waals surface area contributed by atoms with Crippen molar-refractivity contribution >= 4 is 52.2 Å². The monoisotopic (exact) mass is 570 g/mol. The van der Waals surface area contributed by atoms with Crippen LogP contribution in [0.15, 0.2) is 72.3 Å². The summed E-state index contributed by atoms with van der Waals surface area (Å²) in [7, 11) is 0. The zero-order valence-corrected chi connectivity index (χ0v) is 20.3. The highest BCUT2D eigenvalue weighted by atomic mass is 127. The Hall–Kier alpha value is -3.53. The van der Waals surface area contributed by atoms with E-state index in [4.69, 9.17) is 4.74 Å². The zero-order valence-electron chi connectivity index (χ0n) is 18.2. The molecule has 0 atom stereocenters. The van der Waals surface area contributed by atoms with E-state index in [2.05, 4.69) is 27.9 Å². The number of anilines is 1. The highest BCUT2D eigenvalue weighted by Gasteiger charge is 2.36. The number of barbiturate groups is 1. The zero-order chi connectivity index (χ0) is 24.2. The maximum atomic E-state index is 13.8. The molecule has 1 saturated heterocycles. The van der Waals surface area contributed by atoms with E-state index in [0.717, 1.165) is 20.5 Å². The number of hydrogen-bond acceptors (Lipinski definition) is 4. The molecule has 34 heavy (non-hydrogen) atoms. The Balaban J connectivity index is 1.56. The molecule has 1 heterocycles. The third-order valence-corrected chi connectivity index (χ3v) is 6.16. The van der Waals surface area contributed by atoms with Gasteiger partial charge in [-0.25, -0.2) is 14.1 Å². The first-order valence-corrected chi connectivity index (χ1v) is 11.6. The number of nitrogens with one attached hydrogen (secondary N) is 1. The molecular weight excluding hydrogens is 550 g/mol. The summed E-state index contributed by atoms with van der Waals surface area (Å²) < 4.78 is 20.3. The summed E-state index contributed by atoms with van der Waals surface area (Å²) in [5.74, 6) is -1.26. The second kappa shape index (κ2) is 10.2. The van der Waals surface area contributed by atoms with Gasteiger partial charge in [0.1, 0.15) is 23.7 Å². The molecule has 1 aliphatic rings. The second-order valence-electron chi connectivity index (χ2n) is 7.55. The van der Waals surface area contributed by atoms with Crippen LogP contribution in [0.1, 0.15) is 23.6 Å². The minimum Gasteiger partial charge on any atom is -0.488 e. The molecule has 172 valence electrons. The maximum Gasteiger partial charge on any atom is 0.335 e. The third-order valence-electron chi connectivity index (χ3n) is 5.31. The number of aryl methyl sites for hydroxylation is 1. The van der Waals surface area contributed by atoms with Gasteiger partial charge >= 0.3 is 6.03 Å². The normalized spacial score (nSPS) is 15.0. The van der Waals surface area contributed by atoms with Crippen LogP contribution in [0.5, 0.6) is 5.75 Å². The molecular formula is C26H20FIN2O4. The van der Waals surface area contributed by atoms with Crippen molar-refractivity contribution in [1.29, 1.82) is 0 Å². The van der Waals surface area contributed by atoms with Crippen LogP contribution in [0.3, 0.4) is 0 Å². The summed E-state index contributed by atoms with van der Waals surface area (Å²) in [5.41, 5.74) is 2.30. The largest absolute Gasteiger partial charge is 0.488 e. The van der Waals surface area contributed by atoms with Crippen LogP contribution in [0.4, 0.5) is 14.9 Å². The van der Waals surface area contributed by atoms with E-state index in [1.54, 1.807) is 48.5 Å². The Bertz CT molecular complexity index is 1300. The number of imide groups is 2.